The zero-order chi connectivity index (χ0) is 15.4. The molecule has 1 amide bonds. The van der Waals surface area contributed by atoms with Gasteiger partial charge in [0.15, 0.2) is 0 Å². The van der Waals surface area contributed by atoms with E-state index in [-0.39, 0.29) is 5.91 Å². The first-order valence-corrected chi connectivity index (χ1v) is 7.51. The first kappa shape index (κ1) is 14.3. The van der Waals surface area contributed by atoms with Gasteiger partial charge in [0, 0.05) is 31.1 Å². The van der Waals surface area contributed by atoms with E-state index in [1.807, 2.05) is 41.1 Å². The summed E-state index contributed by atoms with van der Waals surface area (Å²) < 4.78 is 1.97. The van der Waals surface area contributed by atoms with Crippen molar-refractivity contribution in [2.24, 2.45) is 0 Å². The Kier molecular flexibility index (Phi) is 4.18. The van der Waals surface area contributed by atoms with Crippen LogP contribution in [0.5, 0.6) is 0 Å². The molecule has 3 heterocycles. The van der Waals surface area contributed by atoms with Crippen molar-refractivity contribution in [3.05, 3.63) is 53.7 Å². The van der Waals surface area contributed by atoms with Gasteiger partial charge in [-0.3, -0.25) is 9.89 Å². The van der Waals surface area contributed by atoms with Crippen molar-refractivity contribution in [3.8, 4) is 0 Å². The molecule has 0 bridgehead atoms. The molecule has 6 heteroatoms. The second kappa shape index (κ2) is 6.43. The summed E-state index contributed by atoms with van der Waals surface area (Å²) in [7, 11) is 0. The maximum atomic E-state index is 12.0. The smallest absolute Gasteiger partial charge is 0.271 e. The van der Waals surface area contributed by atoms with Crippen molar-refractivity contribution < 1.29 is 4.79 Å². The molecule has 0 aliphatic rings. The highest BCUT2D eigenvalue weighted by atomic mass is 16.1. The van der Waals surface area contributed by atoms with Gasteiger partial charge in [-0.2, -0.15) is 5.10 Å². The third kappa shape index (κ3) is 3.16. The van der Waals surface area contributed by atoms with E-state index in [0.29, 0.717) is 18.7 Å². The number of carbonyl (C=O) groups is 1. The second-order valence-electron chi connectivity index (χ2n) is 5.23. The van der Waals surface area contributed by atoms with E-state index in [2.05, 4.69) is 27.4 Å². The quantitative estimate of drug-likeness (QED) is 0.730. The zero-order valence-corrected chi connectivity index (χ0v) is 12.5. The molecule has 0 aliphatic carbocycles. The van der Waals surface area contributed by atoms with Crippen LogP contribution >= 0.6 is 0 Å². The molecule has 2 N–H and O–H groups in total. The van der Waals surface area contributed by atoms with Crippen molar-refractivity contribution >= 4 is 11.6 Å². The van der Waals surface area contributed by atoms with Gasteiger partial charge in [-0.15, -0.1) is 0 Å². The number of aromatic amines is 1. The van der Waals surface area contributed by atoms with Crippen molar-refractivity contribution in [2.45, 2.75) is 26.2 Å². The van der Waals surface area contributed by atoms with Gasteiger partial charge in [-0.05, 0) is 24.6 Å². The third-order valence-corrected chi connectivity index (χ3v) is 3.46. The van der Waals surface area contributed by atoms with Crippen molar-refractivity contribution in [2.75, 3.05) is 6.54 Å². The number of hydrogen-bond acceptors (Lipinski definition) is 3. The number of amides is 1. The minimum absolute atomic E-state index is 0.151. The van der Waals surface area contributed by atoms with E-state index in [1.165, 1.54) is 0 Å². The lowest BCUT2D eigenvalue weighted by Crippen LogP contribution is -2.26. The topological polar surface area (TPSA) is 75.1 Å². The number of imidazole rings is 1. The summed E-state index contributed by atoms with van der Waals surface area (Å²) in [6.07, 6.45) is 6.57. The lowest BCUT2D eigenvalue weighted by atomic mass is 10.2. The molecule has 0 aliphatic heterocycles. The largest absolute Gasteiger partial charge is 0.350 e. The maximum absolute atomic E-state index is 12.0. The number of nitrogens with zero attached hydrogens (tertiary/aromatic N) is 3. The monoisotopic (exact) mass is 297 g/mol. The Bertz CT molecular complexity index is 741. The van der Waals surface area contributed by atoms with Crippen LogP contribution in [0.25, 0.3) is 5.65 Å². The van der Waals surface area contributed by atoms with Crippen LogP contribution in [-0.4, -0.2) is 32.0 Å². The van der Waals surface area contributed by atoms with Crippen LogP contribution in [0, 0.1) is 0 Å². The Morgan fingerprint density at radius 2 is 2.27 bits per heavy atom. The summed E-state index contributed by atoms with van der Waals surface area (Å²) in [6.45, 7) is 2.63. The van der Waals surface area contributed by atoms with E-state index in [9.17, 15) is 4.79 Å². The average Bonchev–Trinajstić information content (AvgIpc) is 3.13. The maximum Gasteiger partial charge on any atom is 0.271 e. The summed E-state index contributed by atoms with van der Waals surface area (Å²) in [6, 6.07) is 7.69. The van der Waals surface area contributed by atoms with Crippen LogP contribution < -0.4 is 5.32 Å². The predicted molar refractivity (Wildman–Crippen MR) is 83.8 cm³/mol. The number of fused-ring (bicyclic) bond motifs is 1. The molecule has 6 nitrogen and oxygen atoms in total. The van der Waals surface area contributed by atoms with E-state index in [4.69, 9.17) is 0 Å². The van der Waals surface area contributed by atoms with E-state index in [0.717, 1.165) is 29.9 Å². The predicted octanol–water partition coefficient (Wildman–Crippen LogP) is 1.98. The Morgan fingerprint density at radius 1 is 1.36 bits per heavy atom. The molecular weight excluding hydrogens is 278 g/mol. The number of rotatable bonds is 6. The highest BCUT2D eigenvalue weighted by Crippen LogP contribution is 2.05. The number of aryl methyl sites for hydroxylation is 1. The van der Waals surface area contributed by atoms with E-state index in [1.54, 1.807) is 0 Å². The van der Waals surface area contributed by atoms with Crippen LogP contribution in [0.4, 0.5) is 0 Å². The van der Waals surface area contributed by atoms with Crippen LogP contribution in [0.2, 0.25) is 0 Å². The van der Waals surface area contributed by atoms with Gasteiger partial charge in [0.1, 0.15) is 11.3 Å². The molecule has 0 atom stereocenters. The van der Waals surface area contributed by atoms with Crippen molar-refractivity contribution in [1.82, 2.24) is 24.9 Å². The molecule has 0 saturated heterocycles. The fourth-order valence-corrected chi connectivity index (χ4v) is 2.38. The van der Waals surface area contributed by atoms with E-state index >= 15 is 0 Å². The second-order valence-corrected chi connectivity index (χ2v) is 5.23. The highest BCUT2D eigenvalue weighted by Gasteiger charge is 2.10. The van der Waals surface area contributed by atoms with Crippen molar-refractivity contribution in [3.63, 3.8) is 0 Å². The van der Waals surface area contributed by atoms with Crippen LogP contribution in [0.3, 0.4) is 0 Å². The summed E-state index contributed by atoms with van der Waals surface area (Å²) in [4.78, 5) is 16.5. The fraction of sp³-hybridized carbons (Fsp3) is 0.312. The zero-order valence-electron chi connectivity index (χ0n) is 12.5. The van der Waals surface area contributed by atoms with Crippen LogP contribution in [0.15, 0.2) is 36.7 Å². The van der Waals surface area contributed by atoms with Crippen LogP contribution in [0.1, 0.15) is 35.2 Å². The van der Waals surface area contributed by atoms with E-state index < -0.39 is 0 Å². The van der Waals surface area contributed by atoms with Gasteiger partial charge in [0.05, 0.1) is 5.69 Å². The summed E-state index contributed by atoms with van der Waals surface area (Å²) in [5.41, 5.74) is 3.31. The van der Waals surface area contributed by atoms with Crippen molar-refractivity contribution in [1.29, 1.82) is 0 Å². The standard InChI is InChI=1S/C16H19N5O/c1-2-5-12-10-14(20-19-12)16(22)17-8-7-13-11-21-9-4-3-6-15(21)18-13/h3-4,6,9-11H,2,5,7-8H2,1H3,(H,17,22)(H,19,20). The van der Waals surface area contributed by atoms with Gasteiger partial charge in [0.2, 0.25) is 0 Å². The molecule has 0 unspecified atom stereocenters. The van der Waals surface area contributed by atoms with Gasteiger partial charge >= 0.3 is 0 Å². The minimum atomic E-state index is -0.151. The Hall–Kier alpha value is -2.63. The summed E-state index contributed by atoms with van der Waals surface area (Å²) >= 11 is 0. The number of H-pyrrole nitrogens is 1. The first-order chi connectivity index (χ1) is 10.8. The first-order valence-electron chi connectivity index (χ1n) is 7.51. The lowest BCUT2D eigenvalue weighted by molar-refractivity contribution is 0.0949. The lowest BCUT2D eigenvalue weighted by Gasteiger charge is -2.00. The van der Waals surface area contributed by atoms with Gasteiger partial charge in [-0.1, -0.05) is 19.4 Å². The molecule has 0 radical (unpaired) electrons. The number of aromatic nitrogens is 4. The summed E-state index contributed by atoms with van der Waals surface area (Å²) in [5.74, 6) is -0.151. The molecule has 0 spiro atoms. The SMILES string of the molecule is CCCc1cc(C(=O)NCCc2cn3ccccc3n2)n[nH]1. The fourth-order valence-electron chi connectivity index (χ4n) is 2.38. The summed E-state index contributed by atoms with van der Waals surface area (Å²) in [5, 5.41) is 9.80. The molecule has 0 fully saturated rings. The number of pyridine rings is 1. The number of nitrogens with one attached hydrogen (secondary N) is 2. The minimum Gasteiger partial charge on any atom is -0.350 e. The molecule has 3 rings (SSSR count). The highest BCUT2D eigenvalue weighted by molar-refractivity contribution is 5.92. The van der Waals surface area contributed by atoms with Gasteiger partial charge < -0.3 is 9.72 Å². The Balaban J connectivity index is 1.54. The Labute approximate surface area is 128 Å². The number of carbonyl (C=O) groups excluding carboxylic acids is 1. The molecule has 0 aromatic carbocycles. The normalized spacial score (nSPS) is 11.0. The van der Waals surface area contributed by atoms with Gasteiger partial charge in [-0.25, -0.2) is 4.98 Å². The molecular formula is C16H19N5O. The average molecular weight is 297 g/mol. The molecule has 114 valence electrons. The third-order valence-electron chi connectivity index (χ3n) is 3.46. The van der Waals surface area contributed by atoms with Crippen LogP contribution in [-0.2, 0) is 12.8 Å². The molecule has 0 saturated carbocycles. The molecule has 3 aromatic heterocycles. The Morgan fingerprint density at radius 3 is 3.09 bits per heavy atom. The molecule has 3 aromatic rings. The molecule has 22 heavy (non-hydrogen) atoms. The number of hydrogen-bond donors (Lipinski definition) is 2. The van der Waals surface area contributed by atoms with Gasteiger partial charge in [0.25, 0.3) is 5.91 Å².